The van der Waals surface area contributed by atoms with Crippen molar-refractivity contribution in [3.05, 3.63) is 52.5 Å². The highest BCUT2D eigenvalue weighted by Crippen LogP contribution is 2.42. The van der Waals surface area contributed by atoms with Crippen molar-refractivity contribution in [2.45, 2.75) is 71.3 Å². The maximum Gasteiger partial charge on any atom is 0.335 e. The van der Waals surface area contributed by atoms with Gasteiger partial charge in [0.25, 0.3) is 0 Å². The summed E-state index contributed by atoms with van der Waals surface area (Å²) in [5.41, 5.74) is 6.42. The first-order valence-corrected chi connectivity index (χ1v) is 14.6. The van der Waals surface area contributed by atoms with Gasteiger partial charge < -0.3 is 19.5 Å². The second-order valence-electron chi connectivity index (χ2n) is 10.7. The standard InChI is InChI=1S/C31H40ClN3O2/c1-2-3-4-5-7-10-26-25-13-11-23(31(36)37)21-29(25)35-20-19-34(18-17-33-15-8-6-9-16-33)28-22-24(32)12-14-27(28)30(26)35/h11-14,21-22H,2-10,15-20H2,1H3,(H,36,37). The fraction of sp³-hybridized carbons (Fsp3) is 0.516. The number of carboxylic acids is 1. The van der Waals surface area contributed by atoms with Crippen LogP contribution < -0.4 is 4.90 Å². The highest BCUT2D eigenvalue weighted by molar-refractivity contribution is 6.31. The summed E-state index contributed by atoms with van der Waals surface area (Å²) in [7, 11) is 0. The van der Waals surface area contributed by atoms with Gasteiger partial charge in [0.2, 0.25) is 0 Å². The van der Waals surface area contributed by atoms with Crippen LogP contribution in [-0.4, -0.2) is 53.3 Å². The highest BCUT2D eigenvalue weighted by atomic mass is 35.5. The third-order valence-electron chi connectivity index (χ3n) is 8.23. The second-order valence-corrected chi connectivity index (χ2v) is 11.2. The lowest BCUT2D eigenvalue weighted by Gasteiger charge is -2.31. The van der Waals surface area contributed by atoms with Crippen molar-refractivity contribution < 1.29 is 9.90 Å². The summed E-state index contributed by atoms with van der Waals surface area (Å²) in [6, 6.07) is 12.0. The van der Waals surface area contributed by atoms with Crippen LogP contribution in [0.5, 0.6) is 0 Å². The van der Waals surface area contributed by atoms with Crippen LogP contribution in [0.2, 0.25) is 5.02 Å². The molecule has 1 saturated heterocycles. The third-order valence-corrected chi connectivity index (χ3v) is 8.47. The molecule has 5 rings (SSSR count). The molecule has 0 radical (unpaired) electrons. The molecular weight excluding hydrogens is 482 g/mol. The van der Waals surface area contributed by atoms with Crippen LogP contribution in [0, 0.1) is 0 Å². The Morgan fingerprint density at radius 1 is 0.919 bits per heavy atom. The molecule has 5 nitrogen and oxygen atoms in total. The topological polar surface area (TPSA) is 48.7 Å². The molecule has 3 heterocycles. The van der Waals surface area contributed by atoms with Crippen LogP contribution >= 0.6 is 11.6 Å². The van der Waals surface area contributed by atoms with E-state index < -0.39 is 5.97 Å². The minimum Gasteiger partial charge on any atom is -0.478 e. The van der Waals surface area contributed by atoms with Gasteiger partial charge in [-0.2, -0.15) is 0 Å². The predicted octanol–water partition coefficient (Wildman–Crippen LogP) is 7.48. The van der Waals surface area contributed by atoms with Crippen molar-refractivity contribution in [1.29, 1.82) is 0 Å². The number of aromatic carboxylic acids is 1. The van der Waals surface area contributed by atoms with Gasteiger partial charge in [-0.3, -0.25) is 0 Å². The zero-order valence-corrected chi connectivity index (χ0v) is 22.9. The summed E-state index contributed by atoms with van der Waals surface area (Å²) in [5, 5.41) is 11.7. The van der Waals surface area contributed by atoms with E-state index in [1.807, 2.05) is 18.2 Å². The van der Waals surface area contributed by atoms with Gasteiger partial charge in [-0.25, -0.2) is 4.79 Å². The maximum atomic E-state index is 11.8. The van der Waals surface area contributed by atoms with Crippen molar-refractivity contribution >= 4 is 34.2 Å². The summed E-state index contributed by atoms with van der Waals surface area (Å²) in [6.07, 6.45) is 11.1. The number of carboxylic acid groups (broad SMARTS) is 1. The Kier molecular flexibility index (Phi) is 8.41. The summed E-state index contributed by atoms with van der Waals surface area (Å²) in [4.78, 5) is 16.9. The molecule has 0 bridgehead atoms. The number of likely N-dealkylation sites (tertiary alicyclic amines) is 1. The summed E-state index contributed by atoms with van der Waals surface area (Å²) in [6.45, 7) is 8.39. The van der Waals surface area contributed by atoms with E-state index in [1.54, 1.807) is 6.07 Å². The number of benzene rings is 2. The number of hydrogen-bond donors (Lipinski definition) is 1. The van der Waals surface area contributed by atoms with Gasteiger partial charge in [0.15, 0.2) is 0 Å². The lowest BCUT2D eigenvalue weighted by atomic mass is 9.97. The SMILES string of the molecule is CCCCCCCc1c2n(c3cc(C(=O)O)ccc13)CCN(CCN1CCCCC1)c1cc(Cl)ccc1-2. The molecule has 198 valence electrons. The highest BCUT2D eigenvalue weighted by Gasteiger charge is 2.27. The molecule has 0 saturated carbocycles. The van der Waals surface area contributed by atoms with Crippen LogP contribution in [0.15, 0.2) is 36.4 Å². The van der Waals surface area contributed by atoms with Gasteiger partial charge in [0.1, 0.15) is 0 Å². The Bertz CT molecular complexity index is 1240. The van der Waals surface area contributed by atoms with Gasteiger partial charge in [0, 0.05) is 53.4 Å². The fourth-order valence-electron chi connectivity index (χ4n) is 6.24. The average Bonchev–Trinajstić information content (AvgIpc) is 3.12. The number of halogens is 1. The summed E-state index contributed by atoms with van der Waals surface area (Å²) in [5.74, 6) is -0.873. The molecule has 6 heteroatoms. The molecule has 3 aromatic rings. The smallest absolute Gasteiger partial charge is 0.335 e. The average molecular weight is 522 g/mol. The Hall–Kier alpha value is -2.50. The van der Waals surface area contributed by atoms with E-state index in [-0.39, 0.29) is 0 Å². The zero-order chi connectivity index (χ0) is 25.8. The molecule has 1 N–H and O–H groups in total. The first-order valence-electron chi connectivity index (χ1n) is 14.2. The second kappa shape index (κ2) is 11.9. The number of hydrogen-bond acceptors (Lipinski definition) is 3. The normalized spacial score (nSPS) is 16.0. The number of aromatic nitrogens is 1. The minimum absolute atomic E-state index is 0.352. The number of piperidine rings is 1. The molecule has 0 spiro atoms. The third kappa shape index (κ3) is 5.68. The summed E-state index contributed by atoms with van der Waals surface area (Å²) >= 11 is 6.57. The molecule has 2 aliphatic heterocycles. The maximum absolute atomic E-state index is 11.8. The Labute approximate surface area is 226 Å². The van der Waals surface area contributed by atoms with Crippen molar-refractivity contribution in [2.75, 3.05) is 37.6 Å². The Balaban J connectivity index is 1.55. The quantitative estimate of drug-likeness (QED) is 0.281. The number of rotatable bonds is 10. The molecule has 0 amide bonds. The Morgan fingerprint density at radius 2 is 1.73 bits per heavy atom. The van der Waals surface area contributed by atoms with E-state index in [0.29, 0.717) is 5.56 Å². The fourth-order valence-corrected chi connectivity index (χ4v) is 6.40. The van der Waals surface area contributed by atoms with Gasteiger partial charge in [-0.15, -0.1) is 0 Å². The van der Waals surface area contributed by atoms with Crippen molar-refractivity contribution in [3.8, 4) is 11.3 Å². The molecule has 1 aromatic heterocycles. The first kappa shape index (κ1) is 26.1. The lowest BCUT2D eigenvalue weighted by molar-refractivity contribution is 0.0697. The van der Waals surface area contributed by atoms with Crippen LogP contribution in [0.25, 0.3) is 22.2 Å². The molecule has 0 aliphatic carbocycles. The summed E-state index contributed by atoms with van der Waals surface area (Å²) < 4.78 is 2.39. The van der Waals surface area contributed by atoms with Crippen LogP contribution in [0.4, 0.5) is 5.69 Å². The number of carbonyl (C=O) groups is 1. The van der Waals surface area contributed by atoms with Gasteiger partial charge in [0.05, 0.1) is 11.3 Å². The predicted molar refractivity (Wildman–Crippen MR) is 154 cm³/mol. The van der Waals surface area contributed by atoms with Gasteiger partial charge in [-0.1, -0.05) is 56.7 Å². The molecule has 37 heavy (non-hydrogen) atoms. The molecule has 2 aliphatic rings. The molecule has 2 aromatic carbocycles. The van der Waals surface area contributed by atoms with E-state index in [1.165, 1.54) is 85.9 Å². The molecule has 0 atom stereocenters. The monoisotopic (exact) mass is 521 g/mol. The van der Waals surface area contributed by atoms with E-state index in [4.69, 9.17) is 11.6 Å². The largest absolute Gasteiger partial charge is 0.478 e. The lowest BCUT2D eigenvalue weighted by Crippen LogP contribution is -2.38. The van der Waals surface area contributed by atoms with Crippen LogP contribution in [-0.2, 0) is 13.0 Å². The van der Waals surface area contributed by atoms with Crippen molar-refractivity contribution in [2.24, 2.45) is 0 Å². The minimum atomic E-state index is -0.873. The first-order chi connectivity index (χ1) is 18.1. The van der Waals surface area contributed by atoms with E-state index in [9.17, 15) is 9.90 Å². The van der Waals surface area contributed by atoms with E-state index in [2.05, 4.69) is 33.4 Å². The zero-order valence-electron chi connectivity index (χ0n) is 22.1. The number of unbranched alkanes of at least 4 members (excludes halogenated alkanes) is 4. The van der Waals surface area contributed by atoms with E-state index in [0.717, 1.165) is 49.6 Å². The number of aryl methyl sites for hydroxylation is 1. The number of fused-ring (bicyclic) bond motifs is 5. The molecule has 0 unspecified atom stereocenters. The molecule has 1 fully saturated rings. The van der Waals surface area contributed by atoms with E-state index >= 15 is 0 Å². The number of anilines is 1. The van der Waals surface area contributed by atoms with Gasteiger partial charge in [-0.05, 0) is 74.7 Å². The Morgan fingerprint density at radius 3 is 2.51 bits per heavy atom. The van der Waals surface area contributed by atoms with Gasteiger partial charge >= 0.3 is 5.97 Å². The van der Waals surface area contributed by atoms with Crippen LogP contribution in [0.1, 0.15) is 74.2 Å². The van der Waals surface area contributed by atoms with Crippen LogP contribution in [0.3, 0.4) is 0 Å². The van der Waals surface area contributed by atoms with Crippen molar-refractivity contribution in [3.63, 3.8) is 0 Å². The molecular formula is C31H40ClN3O2. The number of nitrogens with zero attached hydrogens (tertiary/aromatic N) is 3. The van der Waals surface area contributed by atoms with Crippen molar-refractivity contribution in [1.82, 2.24) is 9.47 Å².